The highest BCUT2D eigenvalue weighted by atomic mass is 32.2. The third kappa shape index (κ3) is 3.78. The van der Waals surface area contributed by atoms with Crippen LogP contribution in [-0.2, 0) is 16.4 Å². The predicted octanol–water partition coefficient (Wildman–Crippen LogP) is 3.18. The number of nitro groups is 1. The Kier molecular flexibility index (Phi) is 5.39. The first kappa shape index (κ1) is 18.4. The van der Waals surface area contributed by atoms with Crippen molar-refractivity contribution in [1.82, 2.24) is 0 Å². The summed E-state index contributed by atoms with van der Waals surface area (Å²) in [6, 6.07) is 12.5. The van der Waals surface area contributed by atoms with Gasteiger partial charge in [0.15, 0.2) is 0 Å². The van der Waals surface area contributed by atoms with Gasteiger partial charge in [-0.05, 0) is 37.1 Å². The zero-order valence-corrected chi connectivity index (χ0v) is 14.7. The van der Waals surface area contributed by atoms with Gasteiger partial charge in [-0.15, -0.1) is 0 Å². The molecule has 8 heteroatoms. The van der Waals surface area contributed by atoms with Crippen LogP contribution in [0.4, 0.5) is 11.4 Å². The van der Waals surface area contributed by atoms with Gasteiger partial charge in [-0.3, -0.25) is 14.4 Å². The smallest absolute Gasteiger partial charge is 0.267 e. The fourth-order valence-electron chi connectivity index (χ4n) is 2.46. The molecule has 2 rings (SSSR count). The molecule has 0 saturated heterocycles. The van der Waals surface area contributed by atoms with Crippen LogP contribution in [0.5, 0.6) is 0 Å². The van der Waals surface area contributed by atoms with Crippen LogP contribution < -0.4 is 4.31 Å². The molecule has 2 aromatic carbocycles. The van der Waals surface area contributed by atoms with E-state index in [1.165, 1.54) is 16.4 Å². The summed E-state index contributed by atoms with van der Waals surface area (Å²) in [7, 11) is -3.95. The predicted molar refractivity (Wildman–Crippen MR) is 93.8 cm³/mol. The normalized spacial score (nSPS) is 10.9. The van der Waals surface area contributed by atoms with Gasteiger partial charge in [0.25, 0.3) is 15.7 Å². The molecule has 130 valence electrons. The Hall–Kier alpha value is -2.92. The molecule has 25 heavy (non-hydrogen) atoms. The Bertz CT molecular complexity index is 931. The SMILES string of the molecule is CCN(c1ccc(CC#N)cc1)S(=O)(=O)c1cc([N+](=O)[O-])ccc1C. The standard InChI is InChI=1S/C17H17N3O4S/c1-3-19(15-8-5-14(6-9-15)10-11-18)25(23,24)17-12-16(20(21)22)7-4-13(17)2/h4-9,12H,3,10H2,1-2H3. The summed E-state index contributed by atoms with van der Waals surface area (Å²) in [5.74, 6) is 0. The molecule has 0 aliphatic rings. The first-order chi connectivity index (χ1) is 11.8. The Morgan fingerprint density at radius 1 is 1.20 bits per heavy atom. The molecule has 0 aromatic heterocycles. The second kappa shape index (κ2) is 7.32. The van der Waals surface area contributed by atoms with Crippen molar-refractivity contribution < 1.29 is 13.3 Å². The molecule has 7 nitrogen and oxygen atoms in total. The van der Waals surface area contributed by atoms with E-state index in [-0.39, 0.29) is 23.5 Å². The lowest BCUT2D eigenvalue weighted by Gasteiger charge is -2.24. The molecule has 0 radical (unpaired) electrons. The van der Waals surface area contributed by atoms with E-state index in [0.29, 0.717) is 11.3 Å². The van der Waals surface area contributed by atoms with Crippen molar-refractivity contribution in [2.24, 2.45) is 0 Å². The lowest BCUT2D eigenvalue weighted by atomic mass is 10.1. The highest BCUT2D eigenvalue weighted by Crippen LogP contribution is 2.28. The molecule has 0 bridgehead atoms. The molecule has 0 spiro atoms. The quantitative estimate of drug-likeness (QED) is 0.582. The van der Waals surface area contributed by atoms with E-state index >= 15 is 0 Å². The molecule has 0 atom stereocenters. The molecule has 0 heterocycles. The van der Waals surface area contributed by atoms with Gasteiger partial charge >= 0.3 is 0 Å². The third-order valence-corrected chi connectivity index (χ3v) is 5.79. The Balaban J connectivity index is 2.51. The van der Waals surface area contributed by atoms with Crippen molar-refractivity contribution in [3.05, 3.63) is 63.7 Å². The average Bonchev–Trinajstić information content (AvgIpc) is 2.57. The summed E-state index contributed by atoms with van der Waals surface area (Å²) in [5, 5.41) is 19.7. The van der Waals surface area contributed by atoms with Crippen LogP contribution in [0, 0.1) is 28.4 Å². The van der Waals surface area contributed by atoms with Crippen LogP contribution in [0.2, 0.25) is 0 Å². The van der Waals surface area contributed by atoms with E-state index in [2.05, 4.69) is 0 Å². The van der Waals surface area contributed by atoms with Gasteiger partial charge in [0.2, 0.25) is 0 Å². The zero-order chi connectivity index (χ0) is 18.6. The Labute approximate surface area is 146 Å². The summed E-state index contributed by atoms with van der Waals surface area (Å²) in [5.41, 5.74) is 1.39. The molecule has 0 fully saturated rings. The summed E-state index contributed by atoms with van der Waals surface area (Å²) in [4.78, 5) is 10.3. The minimum absolute atomic E-state index is 0.0929. The molecule has 0 aliphatic heterocycles. The number of benzene rings is 2. The molecule has 0 N–H and O–H groups in total. The van der Waals surface area contributed by atoms with Crippen molar-refractivity contribution in [3.63, 3.8) is 0 Å². The lowest BCUT2D eigenvalue weighted by Crippen LogP contribution is -2.31. The number of hydrogen-bond donors (Lipinski definition) is 0. The number of anilines is 1. The number of nitrogens with zero attached hydrogens (tertiary/aromatic N) is 3. The Morgan fingerprint density at radius 3 is 2.36 bits per heavy atom. The number of rotatable bonds is 6. The number of nitro benzene ring substituents is 1. The van der Waals surface area contributed by atoms with Gasteiger partial charge in [-0.1, -0.05) is 18.2 Å². The number of hydrogen-bond acceptors (Lipinski definition) is 5. The highest BCUT2D eigenvalue weighted by molar-refractivity contribution is 7.92. The summed E-state index contributed by atoms with van der Waals surface area (Å²) in [6.07, 6.45) is 0.239. The number of nitriles is 1. The van der Waals surface area contributed by atoms with Crippen molar-refractivity contribution in [3.8, 4) is 6.07 Å². The first-order valence-corrected chi connectivity index (χ1v) is 8.99. The maximum Gasteiger partial charge on any atom is 0.270 e. The fourth-order valence-corrected chi connectivity index (χ4v) is 4.18. The number of aryl methyl sites for hydroxylation is 1. The van der Waals surface area contributed by atoms with Crippen LogP contribution in [0.3, 0.4) is 0 Å². The van der Waals surface area contributed by atoms with E-state index in [1.807, 2.05) is 6.07 Å². The Morgan fingerprint density at radius 2 is 1.84 bits per heavy atom. The maximum absolute atomic E-state index is 13.0. The monoisotopic (exact) mass is 359 g/mol. The first-order valence-electron chi connectivity index (χ1n) is 7.55. The van der Waals surface area contributed by atoms with Crippen LogP contribution in [0.15, 0.2) is 47.4 Å². The van der Waals surface area contributed by atoms with E-state index in [0.717, 1.165) is 11.6 Å². The highest BCUT2D eigenvalue weighted by Gasteiger charge is 2.27. The van der Waals surface area contributed by atoms with Crippen molar-refractivity contribution in [2.45, 2.75) is 25.2 Å². The van der Waals surface area contributed by atoms with Crippen LogP contribution in [0.1, 0.15) is 18.1 Å². The molecule has 2 aromatic rings. The van der Waals surface area contributed by atoms with Gasteiger partial charge in [0, 0.05) is 18.7 Å². The van der Waals surface area contributed by atoms with Crippen molar-refractivity contribution >= 4 is 21.4 Å². The minimum atomic E-state index is -3.95. The lowest BCUT2D eigenvalue weighted by molar-refractivity contribution is -0.385. The van der Waals surface area contributed by atoms with Gasteiger partial charge in [0.05, 0.1) is 28.0 Å². The van der Waals surface area contributed by atoms with Gasteiger partial charge < -0.3 is 0 Å². The number of non-ortho nitro benzene ring substituents is 1. The van der Waals surface area contributed by atoms with Crippen LogP contribution >= 0.6 is 0 Å². The van der Waals surface area contributed by atoms with E-state index in [9.17, 15) is 18.5 Å². The largest absolute Gasteiger partial charge is 0.270 e. The average molecular weight is 359 g/mol. The number of sulfonamides is 1. The van der Waals surface area contributed by atoms with Crippen molar-refractivity contribution in [2.75, 3.05) is 10.8 Å². The summed E-state index contributed by atoms with van der Waals surface area (Å²) >= 11 is 0. The molecular formula is C17H17N3O4S. The van der Waals surface area contributed by atoms with Crippen LogP contribution in [0.25, 0.3) is 0 Å². The third-order valence-electron chi connectivity index (χ3n) is 3.75. The second-order valence-electron chi connectivity index (χ2n) is 5.38. The molecule has 0 aliphatic carbocycles. The molecule has 0 amide bonds. The van der Waals surface area contributed by atoms with E-state index in [4.69, 9.17) is 5.26 Å². The van der Waals surface area contributed by atoms with Crippen LogP contribution in [-0.4, -0.2) is 19.9 Å². The van der Waals surface area contributed by atoms with Gasteiger partial charge in [-0.2, -0.15) is 5.26 Å². The topological polar surface area (TPSA) is 104 Å². The summed E-state index contributed by atoms with van der Waals surface area (Å²) in [6.45, 7) is 3.45. The second-order valence-corrected chi connectivity index (χ2v) is 7.21. The zero-order valence-electron chi connectivity index (χ0n) is 13.8. The van der Waals surface area contributed by atoms with Gasteiger partial charge in [0.1, 0.15) is 0 Å². The van der Waals surface area contributed by atoms with E-state index < -0.39 is 14.9 Å². The minimum Gasteiger partial charge on any atom is -0.267 e. The molecule has 0 saturated carbocycles. The molecular weight excluding hydrogens is 342 g/mol. The summed E-state index contributed by atoms with van der Waals surface area (Å²) < 4.78 is 27.2. The maximum atomic E-state index is 13.0. The van der Waals surface area contributed by atoms with Gasteiger partial charge in [-0.25, -0.2) is 8.42 Å². The fraction of sp³-hybridized carbons (Fsp3) is 0.235. The van der Waals surface area contributed by atoms with Crippen molar-refractivity contribution in [1.29, 1.82) is 5.26 Å². The molecule has 0 unspecified atom stereocenters. The van der Waals surface area contributed by atoms with E-state index in [1.54, 1.807) is 38.1 Å².